The van der Waals surface area contributed by atoms with E-state index in [-0.39, 0.29) is 17.9 Å². The number of hydrogen-bond acceptors (Lipinski definition) is 5. The highest BCUT2D eigenvalue weighted by molar-refractivity contribution is 7.18. The van der Waals surface area contributed by atoms with E-state index < -0.39 is 0 Å². The lowest BCUT2D eigenvalue weighted by atomic mass is 9.94. The van der Waals surface area contributed by atoms with Crippen molar-refractivity contribution in [3.63, 3.8) is 0 Å². The molecule has 3 aromatic rings. The van der Waals surface area contributed by atoms with Gasteiger partial charge in [-0.25, -0.2) is 4.98 Å². The Kier molecular flexibility index (Phi) is 4.06. The Morgan fingerprint density at radius 1 is 1.24 bits per heavy atom. The van der Waals surface area contributed by atoms with Crippen molar-refractivity contribution < 1.29 is 9.53 Å². The van der Waals surface area contributed by atoms with Crippen molar-refractivity contribution in [1.29, 1.82) is 0 Å². The number of hydrogen-bond donors (Lipinski definition) is 0. The number of ether oxygens (including phenoxy) is 1. The zero-order valence-corrected chi connectivity index (χ0v) is 15.3. The van der Waals surface area contributed by atoms with Gasteiger partial charge in [0.15, 0.2) is 0 Å². The largest absolute Gasteiger partial charge is 0.426 e. The lowest BCUT2D eigenvalue weighted by molar-refractivity contribution is -0.137. The summed E-state index contributed by atoms with van der Waals surface area (Å²) in [5, 5.41) is 0.836. The second kappa shape index (κ2) is 6.24. The summed E-state index contributed by atoms with van der Waals surface area (Å²) in [6, 6.07) is 14.4. The maximum Gasteiger partial charge on any atom is 0.321 e. The summed E-state index contributed by atoms with van der Waals surface area (Å²) in [6.45, 7) is 2.14. The summed E-state index contributed by atoms with van der Waals surface area (Å²) in [5.41, 5.74) is 3.16. The quantitative estimate of drug-likeness (QED) is 0.524. The van der Waals surface area contributed by atoms with Crippen LogP contribution in [0.4, 0.5) is 0 Å². The number of aromatic nitrogens is 1. The molecule has 2 atom stereocenters. The van der Waals surface area contributed by atoms with Crippen molar-refractivity contribution in [2.24, 2.45) is 0 Å². The molecule has 0 N–H and O–H groups in total. The fourth-order valence-corrected chi connectivity index (χ4v) is 4.16. The minimum atomic E-state index is -0.318. The summed E-state index contributed by atoms with van der Waals surface area (Å²) in [5.74, 6) is 0.164. The number of para-hydroxylation sites is 1. The van der Waals surface area contributed by atoms with Crippen LogP contribution in [0, 0.1) is 0 Å². The van der Waals surface area contributed by atoms with Crippen LogP contribution >= 0.6 is 11.3 Å². The van der Waals surface area contributed by atoms with Crippen LogP contribution < -0.4 is 4.74 Å². The molecule has 128 valence electrons. The maximum atomic E-state index is 12.6. The third-order valence-corrected chi connectivity index (χ3v) is 6.03. The van der Waals surface area contributed by atoms with E-state index >= 15 is 0 Å². The van der Waals surface area contributed by atoms with Crippen molar-refractivity contribution in [3.05, 3.63) is 58.6 Å². The number of benzene rings is 2. The van der Waals surface area contributed by atoms with Gasteiger partial charge >= 0.3 is 5.97 Å². The molecule has 2 heterocycles. The SMILES string of the molecule is CC(c1ccc2c(c1)OC(=O)C(c1nc3ccccc3s1)C2)N(C)C. The normalized spacial score (nSPS) is 18.2. The van der Waals surface area contributed by atoms with E-state index in [0.29, 0.717) is 12.2 Å². The molecule has 0 radical (unpaired) electrons. The molecule has 25 heavy (non-hydrogen) atoms. The first-order chi connectivity index (χ1) is 12.0. The number of nitrogens with zero attached hydrogens (tertiary/aromatic N) is 2. The molecular formula is C20H20N2O2S. The molecule has 1 aromatic heterocycles. The Morgan fingerprint density at radius 2 is 2.04 bits per heavy atom. The van der Waals surface area contributed by atoms with Gasteiger partial charge in [0.05, 0.1) is 10.2 Å². The number of carbonyl (C=O) groups excluding carboxylic acids is 1. The number of thiazole rings is 1. The Labute approximate surface area is 151 Å². The topological polar surface area (TPSA) is 42.4 Å². The summed E-state index contributed by atoms with van der Waals surface area (Å²) in [4.78, 5) is 19.4. The average molecular weight is 352 g/mol. The third-order valence-electron chi connectivity index (χ3n) is 4.88. The first-order valence-electron chi connectivity index (χ1n) is 8.39. The van der Waals surface area contributed by atoms with Crippen LogP contribution in [0.1, 0.15) is 35.0 Å². The standard InChI is InChI=1S/C20H20N2O2S/c1-12(22(2)3)13-8-9-14-10-15(20(23)24-17(14)11-13)19-21-16-6-4-5-7-18(16)25-19/h4-9,11-12,15H,10H2,1-3H3. The number of carbonyl (C=O) groups is 1. The smallest absolute Gasteiger partial charge is 0.321 e. The van der Waals surface area contributed by atoms with Gasteiger partial charge in [-0.2, -0.15) is 0 Å². The molecule has 0 fully saturated rings. The minimum Gasteiger partial charge on any atom is -0.426 e. The van der Waals surface area contributed by atoms with E-state index in [1.807, 2.05) is 44.4 Å². The number of fused-ring (bicyclic) bond motifs is 2. The van der Waals surface area contributed by atoms with Gasteiger partial charge in [0.25, 0.3) is 0 Å². The predicted molar refractivity (Wildman–Crippen MR) is 100 cm³/mol. The monoisotopic (exact) mass is 352 g/mol. The fourth-order valence-electron chi connectivity index (χ4n) is 3.10. The van der Waals surface area contributed by atoms with Crippen molar-refractivity contribution >= 4 is 27.5 Å². The fraction of sp³-hybridized carbons (Fsp3) is 0.300. The minimum absolute atomic E-state index is 0.207. The van der Waals surface area contributed by atoms with Crippen molar-refractivity contribution in [3.8, 4) is 5.75 Å². The van der Waals surface area contributed by atoms with Gasteiger partial charge in [0.1, 0.15) is 16.7 Å². The molecule has 2 aromatic carbocycles. The Hall–Kier alpha value is -2.24. The molecule has 2 unspecified atom stereocenters. The van der Waals surface area contributed by atoms with Crippen LogP contribution in [-0.2, 0) is 11.2 Å². The molecule has 5 heteroatoms. The first kappa shape index (κ1) is 16.2. The molecule has 0 amide bonds. The highest BCUT2D eigenvalue weighted by Gasteiger charge is 2.32. The van der Waals surface area contributed by atoms with Crippen LogP contribution in [-0.4, -0.2) is 29.9 Å². The van der Waals surface area contributed by atoms with Gasteiger partial charge in [0, 0.05) is 6.04 Å². The summed E-state index contributed by atoms with van der Waals surface area (Å²) >= 11 is 1.58. The van der Waals surface area contributed by atoms with Gasteiger partial charge < -0.3 is 9.64 Å². The van der Waals surface area contributed by atoms with Crippen LogP contribution in [0.15, 0.2) is 42.5 Å². The van der Waals surface area contributed by atoms with E-state index in [4.69, 9.17) is 4.74 Å². The van der Waals surface area contributed by atoms with Gasteiger partial charge in [-0.3, -0.25) is 4.79 Å². The third kappa shape index (κ3) is 2.94. The van der Waals surface area contributed by atoms with E-state index in [1.54, 1.807) is 11.3 Å². The molecule has 0 saturated heterocycles. The van der Waals surface area contributed by atoms with E-state index in [2.05, 4.69) is 28.9 Å². The molecule has 0 bridgehead atoms. The van der Waals surface area contributed by atoms with Crippen LogP contribution in [0.5, 0.6) is 5.75 Å². The second-order valence-corrected chi connectivity index (χ2v) is 7.77. The van der Waals surface area contributed by atoms with Crippen molar-refractivity contribution in [2.45, 2.75) is 25.3 Å². The Bertz CT molecular complexity index is 915. The van der Waals surface area contributed by atoms with Crippen LogP contribution in [0.3, 0.4) is 0 Å². The lowest BCUT2D eigenvalue weighted by Crippen LogP contribution is -2.26. The zero-order chi connectivity index (χ0) is 17.6. The molecule has 4 rings (SSSR count). The van der Waals surface area contributed by atoms with Gasteiger partial charge in [-0.1, -0.05) is 24.3 Å². The Morgan fingerprint density at radius 3 is 2.80 bits per heavy atom. The van der Waals surface area contributed by atoms with Crippen LogP contribution in [0.2, 0.25) is 0 Å². The predicted octanol–water partition coefficient (Wildman–Crippen LogP) is 4.16. The lowest BCUT2D eigenvalue weighted by Gasteiger charge is -2.25. The van der Waals surface area contributed by atoms with Crippen molar-refractivity contribution in [2.75, 3.05) is 14.1 Å². The summed E-state index contributed by atoms with van der Waals surface area (Å²) in [6.07, 6.45) is 0.643. The Balaban J connectivity index is 1.66. The second-order valence-electron chi connectivity index (χ2n) is 6.70. The molecule has 0 saturated carbocycles. The maximum absolute atomic E-state index is 12.6. The highest BCUT2D eigenvalue weighted by atomic mass is 32.1. The van der Waals surface area contributed by atoms with Gasteiger partial charge in [0.2, 0.25) is 0 Å². The average Bonchev–Trinajstić information content (AvgIpc) is 3.03. The molecule has 1 aliphatic heterocycles. The van der Waals surface area contributed by atoms with Crippen molar-refractivity contribution in [1.82, 2.24) is 9.88 Å². The highest BCUT2D eigenvalue weighted by Crippen LogP contribution is 2.37. The molecular weight excluding hydrogens is 332 g/mol. The van der Waals surface area contributed by atoms with E-state index in [9.17, 15) is 4.79 Å². The first-order valence-corrected chi connectivity index (χ1v) is 9.21. The van der Waals surface area contributed by atoms with E-state index in [1.165, 1.54) is 0 Å². The molecule has 0 aliphatic carbocycles. The molecule has 0 spiro atoms. The zero-order valence-electron chi connectivity index (χ0n) is 14.5. The number of esters is 1. The molecule has 4 nitrogen and oxygen atoms in total. The van der Waals surface area contributed by atoms with Gasteiger partial charge in [-0.05, 0) is 56.8 Å². The van der Waals surface area contributed by atoms with Crippen LogP contribution in [0.25, 0.3) is 10.2 Å². The summed E-state index contributed by atoms with van der Waals surface area (Å²) in [7, 11) is 4.08. The number of rotatable bonds is 3. The molecule has 1 aliphatic rings. The summed E-state index contributed by atoms with van der Waals surface area (Å²) < 4.78 is 6.78. The van der Waals surface area contributed by atoms with E-state index in [0.717, 1.165) is 26.4 Å². The van der Waals surface area contributed by atoms with Gasteiger partial charge in [-0.15, -0.1) is 11.3 Å².